The number of unbranched alkanes of at least 4 members (excludes halogenated alkanes) is 3. The third-order valence-electron chi connectivity index (χ3n) is 5.12. The minimum atomic E-state index is -0.348. The fourth-order valence-corrected chi connectivity index (χ4v) is 3.46. The lowest BCUT2D eigenvalue weighted by Crippen LogP contribution is -2.20. The van der Waals surface area contributed by atoms with Crippen LogP contribution >= 0.6 is 0 Å². The van der Waals surface area contributed by atoms with Crippen molar-refractivity contribution in [3.63, 3.8) is 0 Å². The van der Waals surface area contributed by atoms with Crippen molar-refractivity contribution in [2.24, 2.45) is 5.10 Å². The number of ether oxygens (including phenoxy) is 1. The summed E-state index contributed by atoms with van der Waals surface area (Å²) in [5, 5.41) is 5.73. The molecule has 0 bridgehead atoms. The largest absolute Gasteiger partial charge is 0.493 e. The minimum Gasteiger partial charge on any atom is -0.493 e. The molecule has 0 aliphatic heterocycles. The zero-order valence-corrected chi connectivity index (χ0v) is 18.1. The van der Waals surface area contributed by atoms with Crippen LogP contribution in [0.1, 0.15) is 58.9 Å². The normalized spacial score (nSPS) is 11.0. The number of para-hydroxylation sites is 1. The third kappa shape index (κ3) is 5.79. The molecule has 0 spiro atoms. The van der Waals surface area contributed by atoms with Crippen LogP contribution in [-0.2, 0) is 0 Å². The van der Waals surface area contributed by atoms with Gasteiger partial charge in [-0.3, -0.25) is 9.59 Å². The Morgan fingerprint density at radius 1 is 0.968 bits per heavy atom. The second-order valence-electron chi connectivity index (χ2n) is 7.45. The van der Waals surface area contributed by atoms with Gasteiger partial charge < -0.3 is 4.74 Å². The summed E-state index contributed by atoms with van der Waals surface area (Å²) in [5.41, 5.74) is 4.32. The van der Waals surface area contributed by atoms with Gasteiger partial charge in [0.2, 0.25) is 5.78 Å². The molecule has 0 saturated carbocycles. The molecule has 0 saturated heterocycles. The van der Waals surface area contributed by atoms with Gasteiger partial charge in [-0.1, -0.05) is 74.7 Å². The van der Waals surface area contributed by atoms with Crippen molar-refractivity contribution in [1.29, 1.82) is 0 Å². The van der Waals surface area contributed by atoms with E-state index in [1.165, 1.54) is 6.42 Å². The Balaban J connectivity index is 1.66. The molecule has 0 atom stereocenters. The third-order valence-corrected chi connectivity index (χ3v) is 5.12. The van der Waals surface area contributed by atoms with E-state index < -0.39 is 0 Å². The van der Waals surface area contributed by atoms with E-state index in [-0.39, 0.29) is 11.7 Å². The Morgan fingerprint density at radius 2 is 1.74 bits per heavy atom. The average Bonchev–Trinajstić information content (AvgIpc) is 2.79. The second-order valence-corrected chi connectivity index (χ2v) is 7.45. The van der Waals surface area contributed by atoms with E-state index in [0.717, 1.165) is 41.8 Å². The number of Topliss-reactive ketones (excluding diaryl/α,β-unsaturated/α-hetero) is 1. The van der Waals surface area contributed by atoms with E-state index in [1.807, 2.05) is 49.4 Å². The van der Waals surface area contributed by atoms with Crippen LogP contribution in [0.25, 0.3) is 10.8 Å². The zero-order chi connectivity index (χ0) is 22.1. The number of aryl methyl sites for hydroxylation is 1. The van der Waals surface area contributed by atoms with Crippen molar-refractivity contribution in [3.8, 4) is 5.75 Å². The van der Waals surface area contributed by atoms with Crippen LogP contribution in [-0.4, -0.2) is 24.5 Å². The van der Waals surface area contributed by atoms with Gasteiger partial charge in [0.25, 0.3) is 5.91 Å². The Kier molecular flexibility index (Phi) is 7.93. The molecular formula is C26H28N2O3. The molecule has 3 aromatic carbocycles. The standard InChI is InChI=1S/C26H28N2O3/c1-3-4-5-10-17-31-24-14-9-8-13-22(24)23(29)18-27-28-26(30)25-19(2)15-16-20-11-6-7-12-21(20)25/h6-9,11-16,18H,3-5,10,17H2,1-2H3,(H,28,30)/b27-18-. The van der Waals surface area contributed by atoms with Crippen molar-refractivity contribution < 1.29 is 14.3 Å². The number of nitrogens with one attached hydrogen (secondary N) is 1. The zero-order valence-electron chi connectivity index (χ0n) is 18.1. The molecule has 0 heterocycles. The molecule has 0 fully saturated rings. The summed E-state index contributed by atoms with van der Waals surface area (Å²) in [6.45, 7) is 4.61. The van der Waals surface area contributed by atoms with Crippen molar-refractivity contribution in [1.82, 2.24) is 5.43 Å². The number of rotatable bonds is 10. The lowest BCUT2D eigenvalue weighted by molar-refractivity contribution is 0.0956. The van der Waals surface area contributed by atoms with Crippen LogP contribution in [0.3, 0.4) is 0 Å². The van der Waals surface area contributed by atoms with Gasteiger partial charge in [0.1, 0.15) is 5.75 Å². The summed E-state index contributed by atoms with van der Waals surface area (Å²) in [4.78, 5) is 25.3. The summed E-state index contributed by atoms with van der Waals surface area (Å²) in [5.74, 6) is -0.135. The summed E-state index contributed by atoms with van der Waals surface area (Å²) in [6, 6.07) is 18.7. The Bertz CT molecular complexity index is 1090. The molecule has 31 heavy (non-hydrogen) atoms. The van der Waals surface area contributed by atoms with E-state index in [1.54, 1.807) is 18.2 Å². The molecule has 1 N–H and O–H groups in total. The monoisotopic (exact) mass is 416 g/mol. The first-order chi connectivity index (χ1) is 15.1. The lowest BCUT2D eigenvalue weighted by Gasteiger charge is -2.10. The van der Waals surface area contributed by atoms with E-state index in [9.17, 15) is 9.59 Å². The van der Waals surface area contributed by atoms with Crippen LogP contribution in [0.4, 0.5) is 0 Å². The highest BCUT2D eigenvalue weighted by Gasteiger charge is 2.14. The molecule has 1 amide bonds. The summed E-state index contributed by atoms with van der Waals surface area (Å²) >= 11 is 0. The number of nitrogens with zero attached hydrogens (tertiary/aromatic N) is 1. The SMILES string of the molecule is CCCCCCOc1ccccc1C(=O)/C=N\NC(=O)c1c(C)ccc2ccccc12. The summed E-state index contributed by atoms with van der Waals surface area (Å²) in [7, 11) is 0. The molecule has 5 nitrogen and oxygen atoms in total. The molecule has 3 aromatic rings. The molecular weight excluding hydrogens is 388 g/mol. The van der Waals surface area contributed by atoms with Crippen LogP contribution < -0.4 is 10.2 Å². The average molecular weight is 417 g/mol. The van der Waals surface area contributed by atoms with E-state index in [0.29, 0.717) is 23.5 Å². The van der Waals surface area contributed by atoms with Gasteiger partial charge in [-0.05, 0) is 41.8 Å². The molecule has 3 rings (SSSR count). The van der Waals surface area contributed by atoms with Crippen molar-refractivity contribution in [2.45, 2.75) is 39.5 Å². The van der Waals surface area contributed by atoms with Crippen molar-refractivity contribution in [3.05, 3.63) is 77.4 Å². The molecule has 0 unspecified atom stereocenters. The van der Waals surface area contributed by atoms with Crippen LogP contribution in [0.15, 0.2) is 65.8 Å². The second kappa shape index (κ2) is 11.1. The smallest absolute Gasteiger partial charge is 0.272 e. The first-order valence-corrected chi connectivity index (χ1v) is 10.7. The van der Waals surface area contributed by atoms with Gasteiger partial charge in [0.15, 0.2) is 0 Å². The van der Waals surface area contributed by atoms with Gasteiger partial charge >= 0.3 is 0 Å². The maximum absolute atomic E-state index is 12.7. The van der Waals surface area contributed by atoms with Crippen molar-refractivity contribution in [2.75, 3.05) is 6.61 Å². The number of hydrogen-bond donors (Lipinski definition) is 1. The fraction of sp³-hybridized carbons (Fsp3) is 0.269. The van der Waals surface area contributed by atoms with Gasteiger partial charge in [-0.2, -0.15) is 5.10 Å². The van der Waals surface area contributed by atoms with Gasteiger partial charge in [0, 0.05) is 0 Å². The number of carbonyl (C=O) groups excluding carboxylic acids is 2. The molecule has 5 heteroatoms. The van der Waals surface area contributed by atoms with Crippen LogP contribution in [0.2, 0.25) is 0 Å². The Morgan fingerprint density at radius 3 is 2.58 bits per heavy atom. The maximum Gasteiger partial charge on any atom is 0.272 e. The van der Waals surface area contributed by atoms with Crippen molar-refractivity contribution >= 4 is 28.7 Å². The number of carbonyl (C=O) groups is 2. The van der Waals surface area contributed by atoms with Gasteiger partial charge in [0.05, 0.1) is 23.9 Å². The number of amides is 1. The highest BCUT2D eigenvalue weighted by atomic mass is 16.5. The minimum absolute atomic E-state index is 0.320. The Labute approximate surface area is 183 Å². The van der Waals surface area contributed by atoms with E-state index in [2.05, 4.69) is 17.5 Å². The first-order valence-electron chi connectivity index (χ1n) is 10.7. The van der Waals surface area contributed by atoms with Crippen LogP contribution in [0, 0.1) is 6.92 Å². The maximum atomic E-state index is 12.7. The first kappa shape index (κ1) is 22.2. The van der Waals surface area contributed by atoms with Gasteiger partial charge in [-0.25, -0.2) is 5.43 Å². The lowest BCUT2D eigenvalue weighted by atomic mass is 9.99. The predicted molar refractivity (Wildman–Crippen MR) is 125 cm³/mol. The quantitative estimate of drug-likeness (QED) is 0.199. The number of hydrazone groups is 1. The predicted octanol–water partition coefficient (Wildman–Crippen LogP) is 5.71. The van der Waals surface area contributed by atoms with E-state index in [4.69, 9.17) is 4.74 Å². The molecule has 160 valence electrons. The molecule has 0 aliphatic rings. The summed E-state index contributed by atoms with van der Waals surface area (Å²) < 4.78 is 5.80. The molecule has 0 aliphatic carbocycles. The highest BCUT2D eigenvalue weighted by molar-refractivity contribution is 6.36. The fourth-order valence-electron chi connectivity index (χ4n) is 3.46. The Hall–Kier alpha value is -3.47. The van der Waals surface area contributed by atoms with E-state index >= 15 is 0 Å². The van der Waals surface area contributed by atoms with Gasteiger partial charge in [-0.15, -0.1) is 0 Å². The summed E-state index contributed by atoms with van der Waals surface area (Å²) in [6.07, 6.45) is 5.51. The van der Waals surface area contributed by atoms with Crippen LogP contribution in [0.5, 0.6) is 5.75 Å². The number of fused-ring (bicyclic) bond motifs is 1. The topological polar surface area (TPSA) is 67.8 Å². The highest BCUT2D eigenvalue weighted by Crippen LogP contribution is 2.22. The molecule has 0 aromatic heterocycles. The number of ketones is 1. The number of benzene rings is 3. The number of hydrogen-bond acceptors (Lipinski definition) is 4. The molecule has 0 radical (unpaired) electrons.